The Morgan fingerprint density at radius 2 is 2.33 bits per heavy atom. The molecule has 2 N–H and O–H groups in total. The summed E-state index contributed by atoms with van der Waals surface area (Å²) in [6, 6.07) is 2.26. The molecule has 0 aliphatic heterocycles. The second-order valence-corrected chi connectivity index (χ2v) is 5.07. The molecule has 12 heavy (non-hydrogen) atoms. The summed E-state index contributed by atoms with van der Waals surface area (Å²) < 4.78 is 0. The highest BCUT2D eigenvalue weighted by Gasteiger charge is 2.32. The molecular formula is C10H15NS. The molecule has 0 amide bonds. The van der Waals surface area contributed by atoms with Crippen LogP contribution in [0.2, 0.25) is 0 Å². The van der Waals surface area contributed by atoms with Gasteiger partial charge < -0.3 is 5.73 Å². The Bertz CT molecular complexity index is 273. The Morgan fingerprint density at radius 3 is 2.75 bits per heavy atom. The zero-order chi connectivity index (χ0) is 8.60. The van der Waals surface area contributed by atoms with Gasteiger partial charge in [-0.2, -0.15) is 0 Å². The molecule has 1 fully saturated rings. The second kappa shape index (κ2) is 2.86. The van der Waals surface area contributed by atoms with Crippen molar-refractivity contribution in [3.8, 4) is 0 Å². The third kappa shape index (κ3) is 1.54. The van der Waals surface area contributed by atoms with Crippen LogP contribution in [0.25, 0.3) is 0 Å². The molecule has 66 valence electrons. The monoisotopic (exact) mass is 181 g/mol. The van der Waals surface area contributed by atoms with Crippen LogP contribution >= 0.6 is 11.3 Å². The van der Waals surface area contributed by atoms with E-state index in [2.05, 4.69) is 18.4 Å². The van der Waals surface area contributed by atoms with Gasteiger partial charge in [-0.15, -0.1) is 11.3 Å². The minimum atomic E-state index is 0.146. The van der Waals surface area contributed by atoms with Gasteiger partial charge in [0.1, 0.15) is 0 Å². The molecule has 0 spiro atoms. The van der Waals surface area contributed by atoms with E-state index in [1.165, 1.54) is 29.7 Å². The van der Waals surface area contributed by atoms with Crippen molar-refractivity contribution in [2.45, 2.75) is 38.1 Å². The fraction of sp³-hybridized carbons (Fsp3) is 0.600. The van der Waals surface area contributed by atoms with Gasteiger partial charge in [-0.25, -0.2) is 0 Å². The van der Waals surface area contributed by atoms with E-state index in [1.807, 2.05) is 11.3 Å². The highest BCUT2D eigenvalue weighted by atomic mass is 32.1. The van der Waals surface area contributed by atoms with Gasteiger partial charge in [-0.3, -0.25) is 0 Å². The lowest BCUT2D eigenvalue weighted by molar-refractivity contribution is 0.247. The van der Waals surface area contributed by atoms with Crippen LogP contribution in [0.3, 0.4) is 0 Å². The Balaban J connectivity index is 2.03. The molecule has 1 saturated carbocycles. The summed E-state index contributed by atoms with van der Waals surface area (Å²) in [6.07, 6.45) is 4.82. The van der Waals surface area contributed by atoms with Crippen molar-refractivity contribution >= 4 is 11.3 Å². The number of rotatable bonds is 2. The number of hydrogen-bond donors (Lipinski definition) is 1. The molecule has 2 heteroatoms. The lowest BCUT2D eigenvalue weighted by atomic mass is 9.74. The van der Waals surface area contributed by atoms with E-state index in [-0.39, 0.29) is 5.54 Å². The highest BCUT2D eigenvalue weighted by Crippen LogP contribution is 2.33. The number of aryl methyl sites for hydroxylation is 1. The van der Waals surface area contributed by atoms with Crippen LogP contribution in [0.1, 0.15) is 29.7 Å². The Morgan fingerprint density at radius 1 is 1.58 bits per heavy atom. The first kappa shape index (κ1) is 8.27. The van der Waals surface area contributed by atoms with E-state index in [1.54, 1.807) is 0 Å². The van der Waals surface area contributed by atoms with Crippen LogP contribution in [0.4, 0.5) is 0 Å². The summed E-state index contributed by atoms with van der Waals surface area (Å²) in [6.45, 7) is 2.15. The first-order valence-corrected chi connectivity index (χ1v) is 5.39. The maximum absolute atomic E-state index is 6.15. The molecule has 0 radical (unpaired) electrons. The van der Waals surface area contributed by atoms with Crippen LogP contribution in [-0.4, -0.2) is 5.54 Å². The minimum Gasteiger partial charge on any atom is -0.325 e. The summed E-state index contributed by atoms with van der Waals surface area (Å²) in [7, 11) is 0. The molecule has 1 aliphatic rings. The second-order valence-electron chi connectivity index (χ2n) is 3.96. The van der Waals surface area contributed by atoms with E-state index in [0.717, 1.165) is 6.42 Å². The normalized spacial score (nSPS) is 20.5. The van der Waals surface area contributed by atoms with Crippen molar-refractivity contribution < 1.29 is 0 Å². The maximum Gasteiger partial charge on any atom is 0.0195 e. The number of nitrogens with two attached hydrogens (primary N) is 1. The number of thiophene rings is 1. The van der Waals surface area contributed by atoms with Crippen molar-refractivity contribution in [3.05, 3.63) is 21.9 Å². The summed E-state index contributed by atoms with van der Waals surface area (Å²) in [5.74, 6) is 0. The van der Waals surface area contributed by atoms with Crippen LogP contribution in [0, 0.1) is 6.92 Å². The molecule has 2 rings (SSSR count). The smallest absolute Gasteiger partial charge is 0.0195 e. The third-order valence-corrected chi connectivity index (χ3v) is 3.60. The van der Waals surface area contributed by atoms with E-state index < -0.39 is 0 Å². The van der Waals surface area contributed by atoms with Gasteiger partial charge in [-0.05, 0) is 49.6 Å². The predicted octanol–water partition coefficient (Wildman–Crippen LogP) is 2.48. The zero-order valence-corrected chi connectivity index (χ0v) is 8.29. The quantitative estimate of drug-likeness (QED) is 0.745. The lowest BCUT2D eigenvalue weighted by Crippen LogP contribution is -2.48. The van der Waals surface area contributed by atoms with Crippen LogP contribution < -0.4 is 5.73 Å². The van der Waals surface area contributed by atoms with Gasteiger partial charge in [0.15, 0.2) is 0 Å². The van der Waals surface area contributed by atoms with Crippen LogP contribution in [0.15, 0.2) is 11.4 Å². The van der Waals surface area contributed by atoms with E-state index >= 15 is 0 Å². The molecule has 0 unspecified atom stereocenters. The lowest BCUT2D eigenvalue weighted by Gasteiger charge is -2.38. The average Bonchev–Trinajstić information content (AvgIpc) is 2.32. The Hall–Kier alpha value is -0.340. The molecule has 1 aromatic rings. The fourth-order valence-corrected chi connectivity index (χ4v) is 2.51. The third-order valence-electron chi connectivity index (χ3n) is 2.69. The molecule has 0 saturated heterocycles. The molecule has 1 aromatic heterocycles. The van der Waals surface area contributed by atoms with Crippen molar-refractivity contribution in [1.82, 2.24) is 0 Å². The molecule has 0 bridgehead atoms. The first-order chi connectivity index (χ1) is 5.68. The minimum absolute atomic E-state index is 0.146. The van der Waals surface area contributed by atoms with Crippen LogP contribution in [0.5, 0.6) is 0 Å². The maximum atomic E-state index is 6.15. The summed E-state index contributed by atoms with van der Waals surface area (Å²) in [4.78, 5) is 1.40. The predicted molar refractivity (Wildman–Crippen MR) is 53.5 cm³/mol. The molecule has 1 aliphatic carbocycles. The fourth-order valence-electron chi connectivity index (χ4n) is 1.80. The van der Waals surface area contributed by atoms with Gasteiger partial charge in [0, 0.05) is 10.4 Å². The Labute approximate surface area is 77.6 Å². The van der Waals surface area contributed by atoms with E-state index in [4.69, 9.17) is 5.73 Å². The van der Waals surface area contributed by atoms with Gasteiger partial charge in [0.25, 0.3) is 0 Å². The topological polar surface area (TPSA) is 26.0 Å². The molecular weight excluding hydrogens is 166 g/mol. The summed E-state index contributed by atoms with van der Waals surface area (Å²) >= 11 is 1.82. The number of hydrogen-bond acceptors (Lipinski definition) is 2. The highest BCUT2D eigenvalue weighted by molar-refractivity contribution is 7.10. The van der Waals surface area contributed by atoms with Crippen molar-refractivity contribution in [1.29, 1.82) is 0 Å². The molecule has 1 nitrogen and oxygen atoms in total. The van der Waals surface area contributed by atoms with Crippen molar-refractivity contribution in [2.24, 2.45) is 5.73 Å². The summed E-state index contributed by atoms with van der Waals surface area (Å²) in [5.41, 5.74) is 7.73. The molecule has 0 atom stereocenters. The van der Waals surface area contributed by atoms with Gasteiger partial charge in [0.05, 0.1) is 0 Å². The summed E-state index contributed by atoms with van der Waals surface area (Å²) in [5, 5.41) is 2.24. The van der Waals surface area contributed by atoms with E-state index in [0.29, 0.717) is 0 Å². The van der Waals surface area contributed by atoms with Crippen molar-refractivity contribution in [3.63, 3.8) is 0 Å². The van der Waals surface area contributed by atoms with E-state index in [9.17, 15) is 0 Å². The zero-order valence-electron chi connectivity index (χ0n) is 7.47. The van der Waals surface area contributed by atoms with Crippen LogP contribution in [-0.2, 0) is 6.42 Å². The van der Waals surface area contributed by atoms with Crippen molar-refractivity contribution in [2.75, 3.05) is 0 Å². The standard InChI is InChI=1S/C10H15NS/c1-8-5-9(7-12-8)6-10(11)3-2-4-10/h5,7H,2-4,6,11H2,1H3. The first-order valence-electron chi connectivity index (χ1n) is 4.51. The average molecular weight is 181 g/mol. The van der Waals surface area contributed by atoms with Gasteiger partial charge >= 0.3 is 0 Å². The molecule has 0 aromatic carbocycles. The van der Waals surface area contributed by atoms with Gasteiger partial charge in [0.2, 0.25) is 0 Å². The van der Waals surface area contributed by atoms with Gasteiger partial charge in [-0.1, -0.05) is 0 Å². The largest absolute Gasteiger partial charge is 0.325 e. The molecule has 1 heterocycles. The SMILES string of the molecule is Cc1cc(CC2(N)CCC2)cs1. The Kier molecular flexibility index (Phi) is 1.97.